The molecule has 2 aromatic rings. The van der Waals surface area contributed by atoms with Crippen molar-refractivity contribution in [2.45, 2.75) is 38.6 Å². The number of hydrogen-bond acceptors (Lipinski definition) is 5. The minimum Gasteiger partial charge on any atom is -0.369 e. The van der Waals surface area contributed by atoms with Crippen molar-refractivity contribution in [1.82, 2.24) is 9.80 Å². The van der Waals surface area contributed by atoms with Gasteiger partial charge in [0, 0.05) is 57.1 Å². The number of carbonyl (C=O) groups excluding carboxylic acids is 3. The maximum atomic E-state index is 12.6. The third-order valence-corrected chi connectivity index (χ3v) is 7.63. The minimum atomic E-state index is -0.178. The van der Waals surface area contributed by atoms with Crippen molar-refractivity contribution < 1.29 is 14.4 Å². The van der Waals surface area contributed by atoms with Crippen LogP contribution in [0.2, 0.25) is 0 Å². The van der Waals surface area contributed by atoms with E-state index in [-0.39, 0.29) is 42.5 Å². The molecule has 5 rings (SSSR count). The largest absolute Gasteiger partial charge is 0.369 e. The number of anilines is 2. The predicted octanol–water partition coefficient (Wildman–Crippen LogP) is 3.51. The molecule has 2 unspecified atom stereocenters. The first-order valence-electron chi connectivity index (χ1n) is 12.8. The molecule has 1 aliphatic carbocycles. The summed E-state index contributed by atoms with van der Waals surface area (Å²) in [5.74, 6) is -0.664. The Morgan fingerprint density at radius 3 is 2.09 bits per heavy atom. The van der Waals surface area contributed by atoms with Gasteiger partial charge in [-0.3, -0.25) is 24.2 Å². The molecular formula is C28H34N4O3. The zero-order valence-electron chi connectivity index (χ0n) is 20.2. The van der Waals surface area contributed by atoms with Crippen molar-refractivity contribution >= 4 is 29.1 Å². The van der Waals surface area contributed by atoms with Gasteiger partial charge in [0.15, 0.2) is 0 Å². The van der Waals surface area contributed by atoms with Gasteiger partial charge in [0.1, 0.15) is 0 Å². The number of hydrogen-bond donors (Lipinski definition) is 1. The van der Waals surface area contributed by atoms with Crippen LogP contribution in [0.3, 0.4) is 0 Å². The SMILES string of the molecule is O=C(CCN1C(=O)C2CCCCC2C1=O)Nc1ccc(N2CCN(Cc3ccccc3)CC2)cc1. The molecule has 35 heavy (non-hydrogen) atoms. The second-order valence-electron chi connectivity index (χ2n) is 9.92. The summed E-state index contributed by atoms with van der Waals surface area (Å²) in [6.45, 7) is 5.13. The third-order valence-electron chi connectivity index (χ3n) is 7.63. The number of rotatable bonds is 7. The van der Waals surface area contributed by atoms with Gasteiger partial charge >= 0.3 is 0 Å². The Balaban J connectivity index is 1.07. The Bertz CT molecular complexity index is 1020. The summed E-state index contributed by atoms with van der Waals surface area (Å²) in [6, 6.07) is 18.5. The fraction of sp³-hybridized carbons (Fsp3) is 0.464. The van der Waals surface area contributed by atoms with Gasteiger partial charge < -0.3 is 10.2 Å². The Labute approximate surface area is 207 Å². The van der Waals surface area contributed by atoms with E-state index < -0.39 is 0 Å². The molecule has 2 heterocycles. The molecule has 3 fully saturated rings. The van der Waals surface area contributed by atoms with E-state index in [1.807, 2.05) is 30.3 Å². The fourth-order valence-electron chi connectivity index (χ4n) is 5.65. The van der Waals surface area contributed by atoms with Gasteiger partial charge in [-0.2, -0.15) is 0 Å². The molecule has 0 aromatic heterocycles. The first-order chi connectivity index (χ1) is 17.1. The van der Waals surface area contributed by atoms with Crippen LogP contribution in [0.5, 0.6) is 0 Å². The van der Waals surface area contributed by atoms with E-state index >= 15 is 0 Å². The fourth-order valence-corrected chi connectivity index (χ4v) is 5.65. The highest BCUT2D eigenvalue weighted by Gasteiger charge is 2.47. The number of nitrogens with zero attached hydrogens (tertiary/aromatic N) is 3. The molecule has 0 spiro atoms. The summed E-state index contributed by atoms with van der Waals surface area (Å²) in [5, 5.41) is 2.91. The lowest BCUT2D eigenvalue weighted by atomic mass is 9.81. The summed E-state index contributed by atoms with van der Waals surface area (Å²) in [4.78, 5) is 43.8. The summed E-state index contributed by atoms with van der Waals surface area (Å²) in [5.41, 5.74) is 3.23. The molecular weight excluding hydrogens is 440 g/mol. The number of nitrogens with one attached hydrogen (secondary N) is 1. The molecule has 0 bridgehead atoms. The zero-order chi connectivity index (χ0) is 24.2. The maximum Gasteiger partial charge on any atom is 0.233 e. The van der Waals surface area contributed by atoms with Crippen LogP contribution in [0, 0.1) is 11.8 Å². The van der Waals surface area contributed by atoms with Crippen LogP contribution >= 0.6 is 0 Å². The number of carbonyl (C=O) groups is 3. The Morgan fingerprint density at radius 2 is 1.46 bits per heavy atom. The molecule has 3 aliphatic rings. The molecule has 0 radical (unpaired) electrons. The average molecular weight is 475 g/mol. The minimum absolute atomic E-state index is 0.0827. The molecule has 2 atom stereocenters. The summed E-state index contributed by atoms with van der Waals surface area (Å²) in [6.07, 6.45) is 3.74. The van der Waals surface area contributed by atoms with Crippen LogP contribution in [-0.2, 0) is 20.9 Å². The van der Waals surface area contributed by atoms with Crippen molar-refractivity contribution in [2.75, 3.05) is 42.9 Å². The molecule has 2 aliphatic heterocycles. The average Bonchev–Trinajstić information content (AvgIpc) is 3.14. The van der Waals surface area contributed by atoms with E-state index in [0.29, 0.717) is 0 Å². The molecule has 2 aromatic carbocycles. The van der Waals surface area contributed by atoms with Crippen LogP contribution in [0.4, 0.5) is 11.4 Å². The van der Waals surface area contributed by atoms with E-state index in [9.17, 15) is 14.4 Å². The molecule has 1 saturated carbocycles. The van der Waals surface area contributed by atoms with Crippen molar-refractivity contribution in [3.05, 3.63) is 60.2 Å². The maximum absolute atomic E-state index is 12.6. The van der Waals surface area contributed by atoms with E-state index in [0.717, 1.165) is 69.8 Å². The lowest BCUT2D eigenvalue weighted by Crippen LogP contribution is -2.45. The summed E-state index contributed by atoms with van der Waals surface area (Å²) < 4.78 is 0. The Hall–Kier alpha value is -3.19. The number of piperazine rings is 1. The van der Waals surface area contributed by atoms with Crippen LogP contribution in [-0.4, -0.2) is 60.2 Å². The lowest BCUT2D eigenvalue weighted by Gasteiger charge is -2.36. The highest BCUT2D eigenvalue weighted by atomic mass is 16.2. The number of likely N-dealkylation sites (tertiary alicyclic amines) is 1. The van der Waals surface area contributed by atoms with Gasteiger partial charge in [-0.05, 0) is 42.7 Å². The Morgan fingerprint density at radius 1 is 0.829 bits per heavy atom. The van der Waals surface area contributed by atoms with Crippen LogP contribution in [0.25, 0.3) is 0 Å². The van der Waals surface area contributed by atoms with Gasteiger partial charge in [0.25, 0.3) is 0 Å². The highest BCUT2D eigenvalue weighted by molar-refractivity contribution is 6.05. The van der Waals surface area contributed by atoms with Gasteiger partial charge in [0.2, 0.25) is 17.7 Å². The topological polar surface area (TPSA) is 73.0 Å². The quantitative estimate of drug-likeness (QED) is 0.622. The second kappa shape index (κ2) is 10.6. The van der Waals surface area contributed by atoms with E-state index in [1.165, 1.54) is 10.5 Å². The highest BCUT2D eigenvalue weighted by Crippen LogP contribution is 2.38. The normalized spacial score (nSPS) is 22.9. The lowest BCUT2D eigenvalue weighted by molar-refractivity contribution is -0.140. The molecule has 1 N–H and O–H groups in total. The first-order valence-corrected chi connectivity index (χ1v) is 12.8. The molecule has 3 amide bonds. The van der Waals surface area contributed by atoms with Gasteiger partial charge in [0.05, 0.1) is 11.8 Å². The third kappa shape index (κ3) is 5.40. The smallest absolute Gasteiger partial charge is 0.233 e. The van der Waals surface area contributed by atoms with Crippen molar-refractivity contribution in [3.63, 3.8) is 0 Å². The van der Waals surface area contributed by atoms with Crippen LogP contribution in [0.1, 0.15) is 37.7 Å². The Kier molecular flexibility index (Phi) is 7.13. The number of amides is 3. The van der Waals surface area contributed by atoms with Crippen molar-refractivity contribution in [1.29, 1.82) is 0 Å². The van der Waals surface area contributed by atoms with E-state index in [2.05, 4.69) is 39.4 Å². The summed E-state index contributed by atoms with van der Waals surface area (Å²) in [7, 11) is 0. The second-order valence-corrected chi connectivity index (χ2v) is 9.92. The number of imide groups is 1. The van der Waals surface area contributed by atoms with Crippen molar-refractivity contribution in [3.8, 4) is 0 Å². The van der Waals surface area contributed by atoms with Crippen LogP contribution < -0.4 is 10.2 Å². The van der Waals surface area contributed by atoms with Gasteiger partial charge in [-0.1, -0.05) is 43.2 Å². The van der Waals surface area contributed by atoms with Crippen LogP contribution in [0.15, 0.2) is 54.6 Å². The molecule has 7 heteroatoms. The summed E-state index contributed by atoms with van der Waals surface area (Å²) >= 11 is 0. The molecule has 7 nitrogen and oxygen atoms in total. The number of fused-ring (bicyclic) bond motifs is 1. The van der Waals surface area contributed by atoms with E-state index in [1.54, 1.807) is 0 Å². The number of benzene rings is 2. The zero-order valence-corrected chi connectivity index (χ0v) is 20.2. The molecule has 2 saturated heterocycles. The molecule has 184 valence electrons. The monoisotopic (exact) mass is 474 g/mol. The predicted molar refractivity (Wildman–Crippen MR) is 136 cm³/mol. The van der Waals surface area contributed by atoms with Gasteiger partial charge in [-0.25, -0.2) is 0 Å². The van der Waals surface area contributed by atoms with Crippen molar-refractivity contribution in [2.24, 2.45) is 11.8 Å². The van der Waals surface area contributed by atoms with E-state index in [4.69, 9.17) is 0 Å². The first kappa shape index (κ1) is 23.5. The van der Waals surface area contributed by atoms with Gasteiger partial charge in [-0.15, -0.1) is 0 Å². The standard InChI is InChI=1S/C28H34N4O3/c33-26(14-15-32-27(34)24-8-4-5-9-25(24)28(32)35)29-22-10-12-23(13-11-22)31-18-16-30(17-19-31)20-21-6-2-1-3-7-21/h1-3,6-7,10-13,24-25H,4-5,8-9,14-20H2,(H,29,33).